The number of hydrogen-bond acceptors (Lipinski definition) is 5. The number of nitro benzene ring substituents is 1. The second kappa shape index (κ2) is 5.01. The molecule has 2 aromatic rings. The predicted molar refractivity (Wildman–Crippen MR) is 74.3 cm³/mol. The second-order valence-electron chi connectivity index (χ2n) is 5.10. The number of nitrogens with one attached hydrogen (secondary N) is 1. The Hall–Kier alpha value is -2.70. The average molecular weight is 287 g/mol. The lowest BCUT2D eigenvalue weighted by Gasteiger charge is -2.04. The van der Waals surface area contributed by atoms with Crippen LogP contribution in [0.3, 0.4) is 0 Å². The van der Waals surface area contributed by atoms with Crippen molar-refractivity contribution in [3.8, 4) is 0 Å². The van der Waals surface area contributed by atoms with E-state index < -0.39 is 10.8 Å². The van der Waals surface area contributed by atoms with E-state index in [9.17, 15) is 14.9 Å². The molecule has 1 heterocycles. The van der Waals surface area contributed by atoms with Gasteiger partial charge in [0.2, 0.25) is 0 Å². The molecule has 0 saturated heterocycles. The van der Waals surface area contributed by atoms with Gasteiger partial charge in [-0.1, -0.05) is 11.2 Å². The Bertz CT molecular complexity index is 719. The quantitative estimate of drug-likeness (QED) is 0.688. The standard InChI is InChI=1S/C14H13N3O4/c1-8-2-5-10(6-12(8)17(19)20)15-14(18)11-7-13(21-16-11)9-3-4-9/h2,5-7,9H,3-4H2,1H3,(H,15,18). The van der Waals surface area contributed by atoms with Gasteiger partial charge in [0.05, 0.1) is 4.92 Å². The van der Waals surface area contributed by atoms with Crippen LogP contribution in [0.25, 0.3) is 0 Å². The molecule has 1 aliphatic carbocycles. The van der Waals surface area contributed by atoms with Gasteiger partial charge in [0.15, 0.2) is 5.69 Å². The molecule has 0 spiro atoms. The molecule has 1 saturated carbocycles. The van der Waals surface area contributed by atoms with Gasteiger partial charge in [-0.05, 0) is 25.8 Å². The highest BCUT2D eigenvalue weighted by atomic mass is 16.6. The summed E-state index contributed by atoms with van der Waals surface area (Å²) in [6.07, 6.45) is 2.11. The molecule has 1 fully saturated rings. The number of benzene rings is 1. The summed E-state index contributed by atoms with van der Waals surface area (Å²) in [6, 6.07) is 6.15. The topological polar surface area (TPSA) is 98.3 Å². The fourth-order valence-corrected chi connectivity index (χ4v) is 2.04. The van der Waals surface area contributed by atoms with Crippen LogP contribution in [0.2, 0.25) is 0 Å². The minimum Gasteiger partial charge on any atom is -0.360 e. The van der Waals surface area contributed by atoms with Crippen molar-refractivity contribution in [1.82, 2.24) is 5.16 Å². The first-order valence-corrected chi connectivity index (χ1v) is 6.57. The SMILES string of the molecule is Cc1ccc(NC(=O)c2cc(C3CC3)on2)cc1[N+](=O)[O-]. The molecular formula is C14H13N3O4. The van der Waals surface area contributed by atoms with Crippen molar-refractivity contribution in [2.45, 2.75) is 25.7 Å². The van der Waals surface area contributed by atoms with E-state index in [1.807, 2.05) is 0 Å². The van der Waals surface area contributed by atoms with Crippen molar-refractivity contribution in [3.63, 3.8) is 0 Å². The van der Waals surface area contributed by atoms with Crippen LogP contribution in [0.4, 0.5) is 11.4 Å². The first kappa shape index (κ1) is 13.3. The Labute approximate surface area is 120 Å². The number of carbonyl (C=O) groups is 1. The highest BCUT2D eigenvalue weighted by Crippen LogP contribution is 2.40. The molecule has 1 amide bonds. The molecule has 0 atom stereocenters. The zero-order chi connectivity index (χ0) is 15.0. The minimum atomic E-state index is -0.480. The molecule has 1 aliphatic rings. The number of aromatic nitrogens is 1. The summed E-state index contributed by atoms with van der Waals surface area (Å²) < 4.78 is 5.11. The summed E-state index contributed by atoms with van der Waals surface area (Å²) in [6.45, 7) is 1.64. The van der Waals surface area contributed by atoms with E-state index in [2.05, 4.69) is 10.5 Å². The molecule has 0 radical (unpaired) electrons. The van der Waals surface area contributed by atoms with Crippen LogP contribution in [-0.2, 0) is 0 Å². The first-order valence-electron chi connectivity index (χ1n) is 6.57. The van der Waals surface area contributed by atoms with Gasteiger partial charge >= 0.3 is 0 Å². The van der Waals surface area contributed by atoms with Gasteiger partial charge in [-0.25, -0.2) is 0 Å². The third-order valence-electron chi connectivity index (χ3n) is 3.40. The van der Waals surface area contributed by atoms with E-state index in [4.69, 9.17) is 4.52 Å². The van der Waals surface area contributed by atoms with E-state index in [1.54, 1.807) is 25.1 Å². The molecule has 0 bridgehead atoms. The zero-order valence-corrected chi connectivity index (χ0v) is 11.3. The molecular weight excluding hydrogens is 274 g/mol. The molecule has 7 heteroatoms. The number of anilines is 1. The van der Waals surface area contributed by atoms with Crippen LogP contribution >= 0.6 is 0 Å². The van der Waals surface area contributed by atoms with Crippen molar-refractivity contribution in [1.29, 1.82) is 0 Å². The summed E-state index contributed by atoms with van der Waals surface area (Å²) in [7, 11) is 0. The van der Waals surface area contributed by atoms with E-state index in [0.29, 0.717) is 17.2 Å². The Morgan fingerprint density at radius 1 is 1.43 bits per heavy atom. The largest absolute Gasteiger partial charge is 0.360 e. The Morgan fingerprint density at radius 2 is 2.19 bits per heavy atom. The summed E-state index contributed by atoms with van der Waals surface area (Å²) in [5.74, 6) is 0.651. The fraction of sp³-hybridized carbons (Fsp3) is 0.286. The smallest absolute Gasteiger partial charge is 0.277 e. The molecule has 0 aliphatic heterocycles. The molecule has 21 heavy (non-hydrogen) atoms. The van der Waals surface area contributed by atoms with Gasteiger partial charge < -0.3 is 9.84 Å². The molecule has 3 rings (SSSR count). The zero-order valence-electron chi connectivity index (χ0n) is 11.3. The Balaban J connectivity index is 1.77. The number of hydrogen-bond donors (Lipinski definition) is 1. The van der Waals surface area contributed by atoms with Crippen molar-refractivity contribution in [2.75, 3.05) is 5.32 Å². The van der Waals surface area contributed by atoms with Gasteiger partial charge in [-0.15, -0.1) is 0 Å². The van der Waals surface area contributed by atoms with Crippen LogP contribution in [-0.4, -0.2) is 16.0 Å². The van der Waals surface area contributed by atoms with Crippen LogP contribution in [0, 0.1) is 17.0 Å². The van der Waals surface area contributed by atoms with E-state index in [-0.39, 0.29) is 11.4 Å². The number of amides is 1. The Morgan fingerprint density at radius 3 is 2.86 bits per heavy atom. The number of carbonyl (C=O) groups excluding carboxylic acids is 1. The lowest BCUT2D eigenvalue weighted by molar-refractivity contribution is -0.385. The van der Waals surface area contributed by atoms with Gasteiger partial charge in [0, 0.05) is 29.3 Å². The normalized spacial score (nSPS) is 14.0. The van der Waals surface area contributed by atoms with Crippen molar-refractivity contribution in [3.05, 3.63) is 51.4 Å². The number of aryl methyl sites for hydroxylation is 1. The maximum Gasteiger partial charge on any atom is 0.277 e. The van der Waals surface area contributed by atoms with Crippen molar-refractivity contribution >= 4 is 17.3 Å². The van der Waals surface area contributed by atoms with Gasteiger partial charge in [0.25, 0.3) is 11.6 Å². The molecule has 0 unspecified atom stereocenters. The number of nitro groups is 1. The van der Waals surface area contributed by atoms with Gasteiger partial charge in [-0.3, -0.25) is 14.9 Å². The van der Waals surface area contributed by atoms with Crippen molar-refractivity contribution < 1.29 is 14.2 Å². The van der Waals surface area contributed by atoms with Crippen LogP contribution in [0.5, 0.6) is 0 Å². The summed E-state index contributed by atoms with van der Waals surface area (Å²) in [5, 5.41) is 17.2. The molecule has 108 valence electrons. The molecule has 1 N–H and O–H groups in total. The van der Waals surface area contributed by atoms with E-state index in [0.717, 1.165) is 18.6 Å². The van der Waals surface area contributed by atoms with E-state index >= 15 is 0 Å². The van der Waals surface area contributed by atoms with E-state index in [1.165, 1.54) is 6.07 Å². The summed E-state index contributed by atoms with van der Waals surface area (Å²) in [5.41, 5.74) is 1.04. The highest BCUT2D eigenvalue weighted by molar-refractivity contribution is 6.03. The highest BCUT2D eigenvalue weighted by Gasteiger charge is 2.29. The lowest BCUT2D eigenvalue weighted by atomic mass is 10.2. The third kappa shape index (κ3) is 2.76. The molecule has 1 aromatic heterocycles. The predicted octanol–water partition coefficient (Wildman–Crippen LogP) is 3.02. The first-order chi connectivity index (χ1) is 10.0. The monoisotopic (exact) mass is 287 g/mol. The maximum absolute atomic E-state index is 12.0. The van der Waals surface area contributed by atoms with Crippen LogP contribution in [0.15, 0.2) is 28.8 Å². The van der Waals surface area contributed by atoms with Crippen LogP contribution < -0.4 is 5.32 Å². The average Bonchev–Trinajstić information content (AvgIpc) is 3.18. The van der Waals surface area contributed by atoms with Crippen LogP contribution in [0.1, 0.15) is 40.6 Å². The third-order valence-corrected chi connectivity index (χ3v) is 3.40. The fourth-order valence-electron chi connectivity index (χ4n) is 2.04. The van der Waals surface area contributed by atoms with Gasteiger partial charge in [-0.2, -0.15) is 0 Å². The number of nitrogens with zero attached hydrogens (tertiary/aromatic N) is 2. The molecule has 7 nitrogen and oxygen atoms in total. The summed E-state index contributed by atoms with van der Waals surface area (Å²) in [4.78, 5) is 22.4. The Kier molecular flexibility index (Phi) is 3.17. The van der Waals surface area contributed by atoms with Gasteiger partial charge in [0.1, 0.15) is 5.76 Å². The van der Waals surface area contributed by atoms with Crippen molar-refractivity contribution in [2.24, 2.45) is 0 Å². The lowest BCUT2D eigenvalue weighted by Crippen LogP contribution is -2.12. The summed E-state index contributed by atoms with van der Waals surface area (Å²) >= 11 is 0. The molecule has 1 aromatic carbocycles. The maximum atomic E-state index is 12.0. The number of rotatable bonds is 4. The second-order valence-corrected chi connectivity index (χ2v) is 5.10. The minimum absolute atomic E-state index is 0.0355.